The molecule has 2 aromatic rings. The second kappa shape index (κ2) is 9.55. The van der Waals surface area contributed by atoms with Gasteiger partial charge in [0.15, 0.2) is 6.10 Å². The molecule has 0 aliphatic rings. The van der Waals surface area contributed by atoms with Gasteiger partial charge in [0.2, 0.25) is 0 Å². The zero-order valence-corrected chi connectivity index (χ0v) is 14.9. The average Bonchev–Trinajstić information content (AvgIpc) is 2.58. The lowest BCUT2D eigenvalue weighted by Crippen LogP contribution is -2.37. The van der Waals surface area contributed by atoms with Crippen molar-refractivity contribution in [1.82, 2.24) is 5.32 Å². The summed E-state index contributed by atoms with van der Waals surface area (Å²) in [5.74, 6) is 1.62. The molecular weight excluding hydrogens is 349 g/mol. The van der Waals surface area contributed by atoms with Crippen LogP contribution in [0.5, 0.6) is 5.75 Å². The van der Waals surface area contributed by atoms with E-state index in [2.05, 4.69) is 5.32 Å². The van der Waals surface area contributed by atoms with Gasteiger partial charge in [0.1, 0.15) is 11.6 Å². The van der Waals surface area contributed by atoms with Crippen molar-refractivity contribution in [2.24, 2.45) is 0 Å². The third-order valence-corrected chi connectivity index (χ3v) is 4.51. The molecule has 0 aliphatic carbocycles. The molecule has 0 saturated carbocycles. The second-order valence-electron chi connectivity index (χ2n) is 5.18. The van der Waals surface area contributed by atoms with Crippen LogP contribution < -0.4 is 10.1 Å². The molecule has 2 aromatic carbocycles. The van der Waals surface area contributed by atoms with Crippen molar-refractivity contribution in [2.45, 2.75) is 18.8 Å². The third-order valence-electron chi connectivity index (χ3n) is 3.22. The molecule has 0 fully saturated rings. The fourth-order valence-corrected chi connectivity index (χ4v) is 2.88. The highest BCUT2D eigenvalue weighted by molar-refractivity contribution is 7.98. The molecule has 6 heteroatoms. The van der Waals surface area contributed by atoms with Crippen LogP contribution >= 0.6 is 23.4 Å². The van der Waals surface area contributed by atoms with Gasteiger partial charge in [-0.05, 0) is 48.9 Å². The van der Waals surface area contributed by atoms with Crippen LogP contribution in [0.2, 0.25) is 5.02 Å². The number of hydrogen-bond acceptors (Lipinski definition) is 3. The van der Waals surface area contributed by atoms with Crippen molar-refractivity contribution in [2.75, 3.05) is 12.3 Å². The molecule has 0 aromatic heterocycles. The number of benzene rings is 2. The van der Waals surface area contributed by atoms with Gasteiger partial charge in [-0.15, -0.1) is 0 Å². The maximum absolute atomic E-state index is 12.8. The first kappa shape index (κ1) is 18.6. The third kappa shape index (κ3) is 6.42. The number of carbonyl (C=O) groups excluding carboxylic acids is 1. The Labute approximate surface area is 150 Å². The summed E-state index contributed by atoms with van der Waals surface area (Å²) in [4.78, 5) is 12.0. The van der Waals surface area contributed by atoms with Gasteiger partial charge in [-0.3, -0.25) is 4.79 Å². The van der Waals surface area contributed by atoms with Gasteiger partial charge in [0.05, 0.1) is 0 Å². The standard InChI is InChI=1S/C18H19ClFNO2S/c1-13(23-17-8-6-16(20)7-9-17)18(22)21-10-11-24-12-14-2-4-15(19)5-3-14/h2-9,13H,10-12H2,1H3,(H,21,22)/t13-/m1/s1. The number of ether oxygens (including phenoxy) is 1. The molecule has 0 aliphatic heterocycles. The lowest BCUT2D eigenvalue weighted by atomic mass is 10.2. The van der Waals surface area contributed by atoms with Gasteiger partial charge in [-0.2, -0.15) is 11.8 Å². The van der Waals surface area contributed by atoms with Crippen LogP contribution in [-0.2, 0) is 10.5 Å². The molecule has 0 radical (unpaired) electrons. The number of hydrogen-bond donors (Lipinski definition) is 1. The summed E-state index contributed by atoms with van der Waals surface area (Å²) in [5, 5.41) is 3.56. The van der Waals surface area contributed by atoms with Crippen molar-refractivity contribution in [3.05, 3.63) is 64.9 Å². The monoisotopic (exact) mass is 367 g/mol. The molecule has 0 heterocycles. The number of nitrogens with one attached hydrogen (secondary N) is 1. The fourth-order valence-electron chi connectivity index (χ4n) is 1.93. The number of thioether (sulfide) groups is 1. The highest BCUT2D eigenvalue weighted by Gasteiger charge is 2.13. The zero-order valence-electron chi connectivity index (χ0n) is 13.3. The van der Waals surface area contributed by atoms with Gasteiger partial charge in [-0.25, -0.2) is 4.39 Å². The van der Waals surface area contributed by atoms with Gasteiger partial charge >= 0.3 is 0 Å². The molecular formula is C18H19ClFNO2S. The molecule has 0 bridgehead atoms. The van der Waals surface area contributed by atoms with Crippen LogP contribution in [0.1, 0.15) is 12.5 Å². The largest absolute Gasteiger partial charge is 0.481 e. The molecule has 1 amide bonds. The van der Waals surface area contributed by atoms with Crippen LogP contribution in [0.15, 0.2) is 48.5 Å². The highest BCUT2D eigenvalue weighted by atomic mass is 35.5. The molecule has 2 rings (SSSR count). The Balaban J connectivity index is 1.63. The van der Waals surface area contributed by atoms with E-state index >= 15 is 0 Å². The van der Waals surface area contributed by atoms with E-state index in [1.807, 2.05) is 24.3 Å². The van der Waals surface area contributed by atoms with Crippen LogP contribution in [0.4, 0.5) is 4.39 Å². The van der Waals surface area contributed by atoms with E-state index in [4.69, 9.17) is 16.3 Å². The predicted molar refractivity (Wildman–Crippen MR) is 97.1 cm³/mol. The Kier molecular flexibility index (Phi) is 7.40. The van der Waals surface area contributed by atoms with Crippen LogP contribution in [0, 0.1) is 5.82 Å². The van der Waals surface area contributed by atoms with Crippen LogP contribution in [0.3, 0.4) is 0 Å². The Morgan fingerprint density at radius 2 is 1.88 bits per heavy atom. The van der Waals surface area contributed by atoms with Crippen LogP contribution in [0.25, 0.3) is 0 Å². The average molecular weight is 368 g/mol. The SMILES string of the molecule is C[C@@H](Oc1ccc(F)cc1)C(=O)NCCSCc1ccc(Cl)cc1. The smallest absolute Gasteiger partial charge is 0.260 e. The second-order valence-corrected chi connectivity index (χ2v) is 6.73. The topological polar surface area (TPSA) is 38.3 Å². The summed E-state index contributed by atoms with van der Waals surface area (Å²) in [5.41, 5.74) is 1.20. The van der Waals surface area contributed by atoms with Gasteiger partial charge in [-0.1, -0.05) is 23.7 Å². The maximum Gasteiger partial charge on any atom is 0.260 e. The van der Waals surface area contributed by atoms with Crippen molar-refractivity contribution in [1.29, 1.82) is 0 Å². The highest BCUT2D eigenvalue weighted by Crippen LogP contribution is 2.15. The van der Waals surface area contributed by atoms with E-state index in [0.717, 1.165) is 16.5 Å². The number of halogens is 2. The summed E-state index contributed by atoms with van der Waals surface area (Å²) in [6, 6.07) is 13.3. The van der Waals surface area contributed by atoms with E-state index in [9.17, 15) is 9.18 Å². The molecule has 0 spiro atoms. The van der Waals surface area contributed by atoms with Crippen LogP contribution in [-0.4, -0.2) is 24.3 Å². The van der Waals surface area contributed by atoms with Crippen molar-refractivity contribution in [3.8, 4) is 5.75 Å². The summed E-state index contributed by atoms with van der Waals surface area (Å²) < 4.78 is 18.3. The van der Waals surface area contributed by atoms with E-state index in [-0.39, 0.29) is 11.7 Å². The normalized spacial score (nSPS) is 11.8. The first-order chi connectivity index (χ1) is 11.5. The number of carbonyl (C=O) groups is 1. The molecule has 24 heavy (non-hydrogen) atoms. The fraction of sp³-hybridized carbons (Fsp3) is 0.278. The molecule has 0 unspecified atom stereocenters. The van der Waals surface area contributed by atoms with Crippen molar-refractivity contribution >= 4 is 29.3 Å². The minimum absolute atomic E-state index is 0.189. The molecule has 1 N–H and O–H groups in total. The molecule has 1 atom stereocenters. The van der Waals surface area contributed by atoms with E-state index in [1.165, 1.54) is 29.8 Å². The summed E-state index contributed by atoms with van der Waals surface area (Å²) >= 11 is 7.57. The predicted octanol–water partition coefficient (Wildman–Crippen LogP) is 4.30. The quantitative estimate of drug-likeness (QED) is 0.707. The minimum Gasteiger partial charge on any atom is -0.481 e. The first-order valence-corrected chi connectivity index (χ1v) is 9.10. The summed E-state index contributed by atoms with van der Waals surface area (Å²) in [6.07, 6.45) is -0.628. The molecule has 128 valence electrons. The Morgan fingerprint density at radius 1 is 1.21 bits per heavy atom. The zero-order chi connectivity index (χ0) is 17.4. The summed E-state index contributed by atoms with van der Waals surface area (Å²) in [6.45, 7) is 2.23. The number of amides is 1. The van der Waals surface area contributed by atoms with Crippen molar-refractivity contribution < 1.29 is 13.9 Å². The van der Waals surface area contributed by atoms with E-state index in [0.29, 0.717) is 12.3 Å². The molecule has 3 nitrogen and oxygen atoms in total. The Morgan fingerprint density at radius 3 is 2.54 bits per heavy atom. The first-order valence-electron chi connectivity index (χ1n) is 7.57. The van der Waals surface area contributed by atoms with Gasteiger partial charge in [0.25, 0.3) is 5.91 Å². The lowest BCUT2D eigenvalue weighted by molar-refractivity contribution is -0.127. The van der Waals surface area contributed by atoms with Gasteiger partial charge < -0.3 is 10.1 Å². The maximum atomic E-state index is 12.8. The minimum atomic E-state index is -0.628. The van der Waals surface area contributed by atoms with E-state index < -0.39 is 6.10 Å². The lowest BCUT2D eigenvalue weighted by Gasteiger charge is -2.14. The van der Waals surface area contributed by atoms with E-state index in [1.54, 1.807) is 18.7 Å². The Bertz CT molecular complexity index is 649. The summed E-state index contributed by atoms with van der Waals surface area (Å²) in [7, 11) is 0. The number of rotatable bonds is 8. The van der Waals surface area contributed by atoms with Gasteiger partial charge in [0, 0.05) is 23.1 Å². The Hall–Kier alpha value is -1.72. The van der Waals surface area contributed by atoms with Crippen molar-refractivity contribution in [3.63, 3.8) is 0 Å². The molecule has 0 saturated heterocycles.